The first kappa shape index (κ1) is 22.0. The molecule has 2 aromatic carbocycles. The number of carbonyl (C=O) groups excluding carboxylic acids is 2. The van der Waals surface area contributed by atoms with Crippen LogP contribution in [-0.2, 0) is 16.1 Å². The molecule has 28 heavy (non-hydrogen) atoms. The van der Waals surface area contributed by atoms with Crippen molar-refractivity contribution in [3.8, 4) is 0 Å². The lowest BCUT2D eigenvalue weighted by atomic mass is 10.2. The zero-order chi connectivity index (χ0) is 20.5. The smallest absolute Gasteiger partial charge is 0.239 e. The van der Waals surface area contributed by atoms with Gasteiger partial charge in [0, 0.05) is 18.0 Å². The van der Waals surface area contributed by atoms with Crippen molar-refractivity contribution >= 4 is 29.3 Å². The number of nitrogens with zero attached hydrogens (tertiary/aromatic N) is 2. The lowest BCUT2D eigenvalue weighted by Gasteiger charge is -2.29. The van der Waals surface area contributed by atoms with Gasteiger partial charge in [-0.3, -0.25) is 14.5 Å². The van der Waals surface area contributed by atoms with Crippen LogP contribution in [0.5, 0.6) is 0 Å². The number of amides is 2. The summed E-state index contributed by atoms with van der Waals surface area (Å²) < 4.78 is 0. The van der Waals surface area contributed by atoms with Gasteiger partial charge in [0.15, 0.2) is 0 Å². The largest absolute Gasteiger partial charge is 0.337 e. The minimum atomic E-state index is -0.384. The third-order valence-corrected chi connectivity index (χ3v) is 5.50. The second-order valence-corrected chi connectivity index (χ2v) is 7.53. The SMILES string of the molecule is CCN(Cc1ccccc1)C(=O)[C@@H](C)N(C)CC(=O)Nc1ccccc1SC. The maximum Gasteiger partial charge on any atom is 0.239 e. The molecule has 0 unspecified atom stereocenters. The van der Waals surface area contributed by atoms with Crippen molar-refractivity contribution in [1.29, 1.82) is 0 Å². The first-order valence-electron chi connectivity index (χ1n) is 9.42. The van der Waals surface area contributed by atoms with Gasteiger partial charge in [-0.05, 0) is 44.8 Å². The minimum Gasteiger partial charge on any atom is -0.337 e. The van der Waals surface area contributed by atoms with Crippen molar-refractivity contribution in [2.75, 3.05) is 31.7 Å². The number of anilines is 1. The van der Waals surface area contributed by atoms with E-state index in [1.807, 2.05) is 79.6 Å². The van der Waals surface area contributed by atoms with E-state index in [-0.39, 0.29) is 24.4 Å². The highest BCUT2D eigenvalue weighted by Gasteiger charge is 2.24. The Kier molecular flexibility index (Phi) is 8.54. The number of hydrogen-bond acceptors (Lipinski definition) is 4. The lowest BCUT2D eigenvalue weighted by Crippen LogP contribution is -2.47. The molecule has 0 heterocycles. The highest BCUT2D eigenvalue weighted by Crippen LogP contribution is 2.24. The fourth-order valence-corrected chi connectivity index (χ4v) is 3.46. The molecule has 0 fully saturated rings. The van der Waals surface area contributed by atoms with Gasteiger partial charge in [0.2, 0.25) is 11.8 Å². The number of para-hydroxylation sites is 1. The molecule has 2 rings (SSSR count). The van der Waals surface area contributed by atoms with Crippen LogP contribution in [0.3, 0.4) is 0 Å². The van der Waals surface area contributed by atoms with Crippen molar-refractivity contribution in [1.82, 2.24) is 9.80 Å². The molecule has 0 aliphatic rings. The van der Waals surface area contributed by atoms with Crippen molar-refractivity contribution in [2.45, 2.75) is 31.3 Å². The molecule has 1 atom stereocenters. The van der Waals surface area contributed by atoms with Crippen LogP contribution in [0.2, 0.25) is 0 Å². The van der Waals surface area contributed by atoms with Gasteiger partial charge in [-0.15, -0.1) is 11.8 Å². The quantitative estimate of drug-likeness (QED) is 0.653. The molecule has 0 bridgehead atoms. The molecule has 2 aromatic rings. The van der Waals surface area contributed by atoms with Crippen molar-refractivity contribution < 1.29 is 9.59 Å². The van der Waals surface area contributed by atoms with E-state index in [0.29, 0.717) is 13.1 Å². The van der Waals surface area contributed by atoms with Crippen LogP contribution in [0.25, 0.3) is 0 Å². The molecule has 5 nitrogen and oxygen atoms in total. The highest BCUT2D eigenvalue weighted by molar-refractivity contribution is 7.98. The summed E-state index contributed by atoms with van der Waals surface area (Å²) in [5.74, 6) is -0.110. The van der Waals surface area contributed by atoms with E-state index in [2.05, 4.69) is 5.32 Å². The zero-order valence-corrected chi connectivity index (χ0v) is 17.8. The normalized spacial score (nSPS) is 11.9. The maximum atomic E-state index is 12.9. The lowest BCUT2D eigenvalue weighted by molar-refractivity contribution is -0.136. The molecule has 2 amide bonds. The molecule has 0 aliphatic heterocycles. The Labute approximate surface area is 172 Å². The van der Waals surface area contributed by atoms with Gasteiger partial charge in [0.25, 0.3) is 0 Å². The van der Waals surface area contributed by atoms with Gasteiger partial charge in [-0.1, -0.05) is 42.5 Å². The van der Waals surface area contributed by atoms with Crippen LogP contribution in [0.4, 0.5) is 5.69 Å². The van der Waals surface area contributed by atoms with E-state index in [0.717, 1.165) is 16.1 Å². The number of hydrogen-bond donors (Lipinski definition) is 1. The summed E-state index contributed by atoms with van der Waals surface area (Å²) in [4.78, 5) is 30.0. The van der Waals surface area contributed by atoms with Crippen LogP contribution >= 0.6 is 11.8 Å². The van der Waals surface area contributed by atoms with Gasteiger partial charge >= 0.3 is 0 Å². The molecule has 0 aliphatic carbocycles. The topological polar surface area (TPSA) is 52.7 Å². The van der Waals surface area contributed by atoms with Gasteiger partial charge in [0.1, 0.15) is 0 Å². The summed E-state index contributed by atoms with van der Waals surface area (Å²) in [5, 5.41) is 2.94. The van der Waals surface area contributed by atoms with Gasteiger partial charge in [-0.2, -0.15) is 0 Å². The standard InChI is InChI=1S/C22H29N3O2S/c1-5-25(15-18-11-7-6-8-12-18)22(27)17(2)24(3)16-21(26)23-19-13-9-10-14-20(19)28-4/h6-14,17H,5,15-16H2,1-4H3,(H,23,26)/t17-/m1/s1. The van der Waals surface area contributed by atoms with Gasteiger partial charge in [0.05, 0.1) is 18.3 Å². The molecule has 0 aromatic heterocycles. The zero-order valence-electron chi connectivity index (χ0n) is 17.0. The third kappa shape index (κ3) is 6.11. The molecule has 150 valence electrons. The average molecular weight is 400 g/mol. The van der Waals surface area contributed by atoms with Crippen LogP contribution in [0, 0.1) is 0 Å². The molecule has 0 saturated heterocycles. The van der Waals surface area contributed by atoms with Crippen LogP contribution < -0.4 is 5.32 Å². The van der Waals surface area contributed by atoms with E-state index in [1.54, 1.807) is 23.7 Å². The predicted octanol–water partition coefficient (Wildman–Crippen LogP) is 3.72. The Hall–Kier alpha value is -2.31. The van der Waals surface area contributed by atoms with Crippen LogP contribution in [0.1, 0.15) is 19.4 Å². The third-order valence-electron chi connectivity index (χ3n) is 4.70. The first-order chi connectivity index (χ1) is 13.5. The van der Waals surface area contributed by atoms with Gasteiger partial charge in [-0.25, -0.2) is 0 Å². The van der Waals surface area contributed by atoms with E-state index in [4.69, 9.17) is 0 Å². The van der Waals surface area contributed by atoms with E-state index >= 15 is 0 Å². The monoisotopic (exact) mass is 399 g/mol. The van der Waals surface area contributed by atoms with E-state index < -0.39 is 0 Å². The summed E-state index contributed by atoms with van der Waals surface area (Å²) in [6, 6.07) is 17.3. The number of thioether (sulfide) groups is 1. The molecule has 6 heteroatoms. The van der Waals surface area contributed by atoms with Crippen LogP contribution in [-0.4, -0.2) is 54.0 Å². The average Bonchev–Trinajstić information content (AvgIpc) is 2.71. The Morgan fingerprint density at radius 1 is 1.07 bits per heavy atom. The van der Waals surface area contributed by atoms with E-state index in [1.165, 1.54) is 0 Å². The Morgan fingerprint density at radius 2 is 1.71 bits per heavy atom. The van der Waals surface area contributed by atoms with E-state index in [9.17, 15) is 9.59 Å². The number of benzene rings is 2. The van der Waals surface area contributed by atoms with Crippen molar-refractivity contribution in [3.05, 3.63) is 60.2 Å². The summed E-state index contributed by atoms with van der Waals surface area (Å²) >= 11 is 1.59. The van der Waals surface area contributed by atoms with Crippen LogP contribution in [0.15, 0.2) is 59.5 Å². The summed E-state index contributed by atoms with van der Waals surface area (Å²) in [6.07, 6.45) is 1.98. The molecule has 0 saturated carbocycles. The first-order valence-corrected chi connectivity index (χ1v) is 10.6. The molecular formula is C22H29N3O2S. The predicted molar refractivity (Wildman–Crippen MR) is 116 cm³/mol. The maximum absolute atomic E-state index is 12.9. The Balaban J connectivity index is 1.95. The number of nitrogens with one attached hydrogen (secondary N) is 1. The number of likely N-dealkylation sites (N-methyl/N-ethyl adjacent to an activating group) is 2. The molecule has 1 N–H and O–H groups in total. The number of rotatable bonds is 9. The summed E-state index contributed by atoms with van der Waals surface area (Å²) in [7, 11) is 1.80. The number of carbonyl (C=O) groups is 2. The summed E-state index contributed by atoms with van der Waals surface area (Å²) in [6.45, 7) is 5.16. The second kappa shape index (κ2) is 10.9. The van der Waals surface area contributed by atoms with Crippen molar-refractivity contribution in [3.63, 3.8) is 0 Å². The minimum absolute atomic E-state index is 0.0196. The van der Waals surface area contributed by atoms with Gasteiger partial charge < -0.3 is 10.2 Å². The second-order valence-electron chi connectivity index (χ2n) is 6.68. The fraction of sp³-hybridized carbons (Fsp3) is 0.364. The highest BCUT2D eigenvalue weighted by atomic mass is 32.2. The summed E-state index contributed by atoms with van der Waals surface area (Å²) in [5.41, 5.74) is 1.89. The van der Waals surface area contributed by atoms with Crippen molar-refractivity contribution in [2.24, 2.45) is 0 Å². The Bertz CT molecular complexity index is 782. The molecule has 0 spiro atoms. The molecule has 0 radical (unpaired) electrons. The fourth-order valence-electron chi connectivity index (χ4n) is 2.90. The Morgan fingerprint density at radius 3 is 2.36 bits per heavy atom. The molecular weight excluding hydrogens is 370 g/mol.